The Kier molecular flexibility index (Phi) is 2.11. The van der Waals surface area contributed by atoms with Gasteiger partial charge in [-0.2, -0.15) is 0 Å². The van der Waals surface area contributed by atoms with Crippen LogP contribution in [0.25, 0.3) is 0 Å². The molecule has 1 aromatic carbocycles. The Morgan fingerprint density at radius 2 is 2.42 bits per heavy atom. The summed E-state index contributed by atoms with van der Waals surface area (Å²) in [6, 6.07) is 6.24. The van der Waals surface area contributed by atoms with Crippen molar-refractivity contribution in [1.29, 1.82) is 0 Å². The maximum atomic E-state index is 8.93. The van der Waals surface area contributed by atoms with Gasteiger partial charge in [0.2, 0.25) is 0 Å². The molecular formula is C10H12OS. The van der Waals surface area contributed by atoms with Gasteiger partial charge in [0, 0.05) is 10.1 Å². The van der Waals surface area contributed by atoms with Crippen molar-refractivity contribution < 1.29 is 5.11 Å². The van der Waals surface area contributed by atoms with E-state index < -0.39 is 0 Å². The van der Waals surface area contributed by atoms with Crippen molar-refractivity contribution in [2.45, 2.75) is 30.1 Å². The van der Waals surface area contributed by atoms with Crippen LogP contribution in [0.4, 0.5) is 0 Å². The van der Waals surface area contributed by atoms with Gasteiger partial charge in [0.05, 0.1) is 6.61 Å². The largest absolute Gasteiger partial charge is 0.392 e. The normalized spacial score (nSPS) is 21.0. The summed E-state index contributed by atoms with van der Waals surface area (Å²) >= 11 is 1.93. The zero-order valence-corrected chi connectivity index (χ0v) is 7.90. The molecule has 1 aromatic rings. The molecule has 0 saturated carbocycles. The molecule has 12 heavy (non-hydrogen) atoms. The molecule has 0 radical (unpaired) electrons. The molecule has 1 unspecified atom stereocenters. The summed E-state index contributed by atoms with van der Waals surface area (Å²) in [4.78, 5) is 1.39. The molecule has 1 N–H and O–H groups in total. The first-order chi connectivity index (χ1) is 5.79. The molecule has 0 fully saturated rings. The monoisotopic (exact) mass is 180 g/mol. The van der Waals surface area contributed by atoms with Gasteiger partial charge in [-0.3, -0.25) is 0 Å². The predicted molar refractivity (Wildman–Crippen MR) is 51.4 cm³/mol. The van der Waals surface area contributed by atoms with E-state index in [0.717, 1.165) is 12.0 Å². The summed E-state index contributed by atoms with van der Waals surface area (Å²) in [5, 5.41) is 9.63. The zero-order valence-electron chi connectivity index (χ0n) is 7.08. The van der Waals surface area contributed by atoms with Crippen LogP contribution in [0, 0.1) is 0 Å². The van der Waals surface area contributed by atoms with Gasteiger partial charge in [-0.05, 0) is 23.6 Å². The third-order valence-electron chi connectivity index (χ3n) is 2.14. The predicted octanol–water partition coefficient (Wildman–Crippen LogP) is 2.22. The van der Waals surface area contributed by atoms with E-state index in [9.17, 15) is 0 Å². The molecule has 0 aromatic heterocycles. The van der Waals surface area contributed by atoms with Crippen molar-refractivity contribution in [1.82, 2.24) is 0 Å². The number of hydrogen-bond acceptors (Lipinski definition) is 2. The van der Waals surface area contributed by atoms with Crippen LogP contribution < -0.4 is 0 Å². The lowest BCUT2D eigenvalue weighted by Gasteiger charge is -1.99. The van der Waals surface area contributed by atoms with Crippen LogP contribution >= 0.6 is 11.8 Å². The minimum Gasteiger partial charge on any atom is -0.392 e. The third-order valence-corrected chi connectivity index (χ3v) is 3.36. The number of aliphatic hydroxyl groups excluding tert-OH is 1. The van der Waals surface area contributed by atoms with Gasteiger partial charge in [-0.25, -0.2) is 0 Å². The summed E-state index contributed by atoms with van der Waals surface area (Å²) < 4.78 is 0. The summed E-state index contributed by atoms with van der Waals surface area (Å²) in [7, 11) is 0. The van der Waals surface area contributed by atoms with Crippen molar-refractivity contribution in [3.8, 4) is 0 Å². The second kappa shape index (κ2) is 3.11. The fourth-order valence-electron chi connectivity index (χ4n) is 1.57. The SMILES string of the molecule is CC1Cc2cc(CO)ccc2S1. The van der Waals surface area contributed by atoms with Gasteiger partial charge in [0.15, 0.2) is 0 Å². The minimum absolute atomic E-state index is 0.159. The standard InChI is InChI=1S/C10H12OS/c1-7-4-9-5-8(6-11)2-3-10(9)12-7/h2-3,5,7,11H,4,6H2,1H3. The third kappa shape index (κ3) is 1.37. The summed E-state index contributed by atoms with van der Waals surface area (Å²) in [6.07, 6.45) is 1.15. The van der Waals surface area contributed by atoms with Crippen LogP contribution in [0.5, 0.6) is 0 Å². The van der Waals surface area contributed by atoms with Crippen molar-refractivity contribution in [3.63, 3.8) is 0 Å². The number of rotatable bonds is 1. The molecule has 0 aliphatic carbocycles. The first-order valence-electron chi connectivity index (χ1n) is 4.19. The smallest absolute Gasteiger partial charge is 0.0681 e. The highest BCUT2D eigenvalue weighted by Gasteiger charge is 2.17. The fourth-order valence-corrected chi connectivity index (χ4v) is 2.71. The Hall–Kier alpha value is -0.470. The van der Waals surface area contributed by atoms with Crippen molar-refractivity contribution in [2.24, 2.45) is 0 Å². The maximum absolute atomic E-state index is 8.93. The number of benzene rings is 1. The van der Waals surface area contributed by atoms with E-state index in [1.54, 1.807) is 0 Å². The van der Waals surface area contributed by atoms with Gasteiger partial charge in [0.1, 0.15) is 0 Å². The average molecular weight is 180 g/mol. The molecule has 0 saturated heterocycles. The van der Waals surface area contributed by atoms with E-state index in [0.29, 0.717) is 5.25 Å². The van der Waals surface area contributed by atoms with E-state index in [1.165, 1.54) is 10.5 Å². The Morgan fingerprint density at radius 1 is 1.58 bits per heavy atom. The lowest BCUT2D eigenvalue weighted by molar-refractivity contribution is 0.281. The van der Waals surface area contributed by atoms with E-state index in [4.69, 9.17) is 5.11 Å². The molecule has 2 heteroatoms. The van der Waals surface area contributed by atoms with Crippen molar-refractivity contribution in [2.75, 3.05) is 0 Å². The Labute approximate surface area is 76.8 Å². The second-order valence-corrected chi connectivity index (χ2v) is 4.71. The lowest BCUT2D eigenvalue weighted by Crippen LogP contribution is -1.92. The van der Waals surface area contributed by atoms with Gasteiger partial charge in [0.25, 0.3) is 0 Å². The highest BCUT2D eigenvalue weighted by molar-refractivity contribution is 8.00. The molecule has 1 atom stereocenters. The molecular weight excluding hydrogens is 168 g/mol. The highest BCUT2D eigenvalue weighted by atomic mass is 32.2. The second-order valence-electron chi connectivity index (χ2n) is 3.23. The molecule has 1 aliphatic heterocycles. The molecule has 1 nitrogen and oxygen atoms in total. The number of thioether (sulfide) groups is 1. The molecule has 2 rings (SSSR count). The van der Waals surface area contributed by atoms with Crippen LogP contribution in [0.1, 0.15) is 18.1 Å². The van der Waals surface area contributed by atoms with E-state index in [-0.39, 0.29) is 6.61 Å². The Bertz CT molecular complexity index is 296. The van der Waals surface area contributed by atoms with Gasteiger partial charge < -0.3 is 5.11 Å². The molecule has 0 bridgehead atoms. The van der Waals surface area contributed by atoms with Crippen molar-refractivity contribution in [3.05, 3.63) is 29.3 Å². The first kappa shape index (κ1) is 8.14. The summed E-state index contributed by atoms with van der Waals surface area (Å²) in [5.74, 6) is 0. The lowest BCUT2D eigenvalue weighted by atomic mass is 10.1. The van der Waals surface area contributed by atoms with Crippen LogP contribution in [0.2, 0.25) is 0 Å². The van der Waals surface area contributed by atoms with Crippen LogP contribution in [-0.2, 0) is 13.0 Å². The van der Waals surface area contributed by atoms with Crippen LogP contribution in [-0.4, -0.2) is 10.4 Å². The molecule has 0 spiro atoms. The Balaban J connectivity index is 2.35. The highest BCUT2D eigenvalue weighted by Crippen LogP contribution is 2.36. The first-order valence-corrected chi connectivity index (χ1v) is 5.07. The maximum Gasteiger partial charge on any atom is 0.0681 e. The van der Waals surface area contributed by atoms with E-state index in [2.05, 4.69) is 19.1 Å². The quantitative estimate of drug-likeness (QED) is 0.715. The van der Waals surface area contributed by atoms with Gasteiger partial charge in [-0.1, -0.05) is 19.1 Å². The molecule has 1 heterocycles. The van der Waals surface area contributed by atoms with Crippen molar-refractivity contribution >= 4 is 11.8 Å². The molecule has 1 aliphatic rings. The van der Waals surface area contributed by atoms with Crippen LogP contribution in [0.15, 0.2) is 23.1 Å². The molecule has 64 valence electrons. The van der Waals surface area contributed by atoms with E-state index >= 15 is 0 Å². The molecule has 0 amide bonds. The number of fused-ring (bicyclic) bond motifs is 1. The summed E-state index contributed by atoms with van der Waals surface area (Å²) in [5.41, 5.74) is 2.43. The average Bonchev–Trinajstić information content (AvgIpc) is 2.43. The minimum atomic E-state index is 0.159. The topological polar surface area (TPSA) is 20.2 Å². The Morgan fingerprint density at radius 3 is 3.17 bits per heavy atom. The summed E-state index contributed by atoms with van der Waals surface area (Å²) in [6.45, 7) is 2.40. The van der Waals surface area contributed by atoms with Gasteiger partial charge >= 0.3 is 0 Å². The fraction of sp³-hybridized carbons (Fsp3) is 0.400. The van der Waals surface area contributed by atoms with E-state index in [1.807, 2.05) is 17.8 Å². The number of hydrogen-bond donors (Lipinski definition) is 1. The van der Waals surface area contributed by atoms with Gasteiger partial charge in [-0.15, -0.1) is 11.8 Å². The number of aliphatic hydroxyl groups is 1. The van der Waals surface area contributed by atoms with Crippen LogP contribution in [0.3, 0.4) is 0 Å². The zero-order chi connectivity index (χ0) is 8.55.